The molecule has 0 atom stereocenters. The molecule has 7 heteroatoms. The van der Waals surface area contributed by atoms with E-state index in [4.69, 9.17) is 11.5 Å². The molecule has 1 heterocycles. The molecule has 0 aliphatic rings. The van der Waals surface area contributed by atoms with Crippen LogP contribution in [-0.2, 0) is 4.74 Å². The number of nitrogen functional groups attached to an aromatic ring is 2. The minimum atomic E-state index is -1.09. The number of hydrogen-bond donors (Lipinski definition) is 2. The van der Waals surface area contributed by atoms with Gasteiger partial charge in [-0.25, -0.2) is 18.6 Å². The van der Waals surface area contributed by atoms with Gasteiger partial charge in [0.05, 0.1) is 18.5 Å². The Balaban J connectivity index is 2.54. The summed E-state index contributed by atoms with van der Waals surface area (Å²) >= 11 is 0. The fraction of sp³-hybridized carbons (Fsp3) is 0.0769. The number of carbonyl (C=O) groups excluding carboxylic acids is 1. The molecule has 0 unspecified atom stereocenters. The first-order valence-corrected chi connectivity index (χ1v) is 5.53. The number of anilines is 2. The Hall–Kier alpha value is -2.70. The summed E-state index contributed by atoms with van der Waals surface area (Å²) in [6, 6.07) is 4.90. The maximum absolute atomic E-state index is 13.8. The first-order chi connectivity index (χ1) is 9.43. The number of hydrogen-bond acceptors (Lipinski definition) is 5. The smallest absolute Gasteiger partial charge is 0.343 e. The lowest BCUT2D eigenvalue weighted by atomic mass is 10.1. The number of aromatic nitrogens is 1. The SMILES string of the molecule is COC(=O)c1c(F)cc(-c2ccc(N)c(N)n2)cc1F. The zero-order valence-corrected chi connectivity index (χ0v) is 10.5. The van der Waals surface area contributed by atoms with Crippen LogP contribution in [0.4, 0.5) is 20.3 Å². The fourth-order valence-electron chi connectivity index (χ4n) is 1.66. The molecule has 104 valence electrons. The van der Waals surface area contributed by atoms with Crippen molar-refractivity contribution in [2.75, 3.05) is 18.6 Å². The number of ether oxygens (including phenoxy) is 1. The third-order valence-corrected chi connectivity index (χ3v) is 2.68. The van der Waals surface area contributed by atoms with Crippen molar-refractivity contribution in [3.63, 3.8) is 0 Å². The zero-order valence-electron chi connectivity index (χ0n) is 10.5. The number of rotatable bonds is 2. The third kappa shape index (κ3) is 2.37. The molecule has 20 heavy (non-hydrogen) atoms. The molecule has 1 aromatic carbocycles. The van der Waals surface area contributed by atoms with E-state index < -0.39 is 23.2 Å². The molecule has 0 saturated heterocycles. The molecule has 0 amide bonds. The molecular formula is C13H11F2N3O2. The largest absolute Gasteiger partial charge is 0.465 e. The van der Waals surface area contributed by atoms with Crippen LogP contribution in [0.15, 0.2) is 24.3 Å². The average Bonchev–Trinajstić information content (AvgIpc) is 2.40. The van der Waals surface area contributed by atoms with Gasteiger partial charge in [-0.1, -0.05) is 0 Å². The van der Waals surface area contributed by atoms with Crippen LogP contribution in [-0.4, -0.2) is 18.1 Å². The maximum Gasteiger partial charge on any atom is 0.343 e. The van der Waals surface area contributed by atoms with E-state index in [1.165, 1.54) is 12.1 Å². The topological polar surface area (TPSA) is 91.2 Å². The van der Waals surface area contributed by atoms with Gasteiger partial charge in [0.1, 0.15) is 23.0 Å². The van der Waals surface area contributed by atoms with Crippen LogP contribution in [0, 0.1) is 11.6 Å². The van der Waals surface area contributed by atoms with Gasteiger partial charge in [0.25, 0.3) is 0 Å². The predicted octanol–water partition coefficient (Wildman–Crippen LogP) is 1.98. The minimum absolute atomic E-state index is 0.0559. The van der Waals surface area contributed by atoms with Crippen LogP contribution in [0.5, 0.6) is 0 Å². The van der Waals surface area contributed by atoms with Crippen molar-refractivity contribution in [2.45, 2.75) is 0 Å². The zero-order chi connectivity index (χ0) is 14.9. The van der Waals surface area contributed by atoms with E-state index in [0.29, 0.717) is 0 Å². The number of nitrogens with two attached hydrogens (primary N) is 2. The predicted molar refractivity (Wildman–Crippen MR) is 69.8 cm³/mol. The van der Waals surface area contributed by atoms with Crippen LogP contribution >= 0.6 is 0 Å². The van der Waals surface area contributed by atoms with E-state index >= 15 is 0 Å². The van der Waals surface area contributed by atoms with Gasteiger partial charge in [-0.15, -0.1) is 0 Å². The molecule has 0 aliphatic heterocycles. The van der Waals surface area contributed by atoms with E-state index in [-0.39, 0.29) is 22.8 Å². The Morgan fingerprint density at radius 1 is 1.20 bits per heavy atom. The van der Waals surface area contributed by atoms with Crippen molar-refractivity contribution in [1.82, 2.24) is 4.98 Å². The summed E-state index contributed by atoms with van der Waals surface area (Å²) in [5, 5.41) is 0. The molecule has 0 aliphatic carbocycles. The van der Waals surface area contributed by atoms with Crippen LogP contribution in [0.25, 0.3) is 11.3 Å². The quantitative estimate of drug-likeness (QED) is 0.820. The molecule has 0 fully saturated rings. The molecule has 5 nitrogen and oxygen atoms in total. The fourth-order valence-corrected chi connectivity index (χ4v) is 1.66. The molecule has 1 aromatic heterocycles. The average molecular weight is 279 g/mol. The molecule has 4 N–H and O–H groups in total. The number of methoxy groups -OCH3 is 1. The number of pyridine rings is 1. The van der Waals surface area contributed by atoms with Crippen LogP contribution in [0.3, 0.4) is 0 Å². The summed E-state index contributed by atoms with van der Waals surface area (Å²) in [7, 11) is 1.04. The van der Waals surface area contributed by atoms with Gasteiger partial charge < -0.3 is 16.2 Å². The first-order valence-electron chi connectivity index (χ1n) is 5.53. The number of esters is 1. The van der Waals surface area contributed by atoms with Crippen LogP contribution in [0.2, 0.25) is 0 Å². The molecule has 0 spiro atoms. The lowest BCUT2D eigenvalue weighted by Gasteiger charge is -2.07. The summed E-state index contributed by atoms with van der Waals surface area (Å²) in [5.41, 5.74) is 10.9. The Morgan fingerprint density at radius 3 is 2.30 bits per heavy atom. The van der Waals surface area contributed by atoms with Gasteiger partial charge >= 0.3 is 5.97 Å². The van der Waals surface area contributed by atoms with Crippen molar-refractivity contribution in [2.24, 2.45) is 0 Å². The van der Waals surface area contributed by atoms with Crippen LogP contribution in [0.1, 0.15) is 10.4 Å². The van der Waals surface area contributed by atoms with Crippen LogP contribution < -0.4 is 11.5 Å². The molecule has 0 saturated carbocycles. The normalized spacial score (nSPS) is 10.3. The maximum atomic E-state index is 13.8. The van der Waals surface area contributed by atoms with E-state index in [2.05, 4.69) is 9.72 Å². The Bertz CT molecular complexity index is 666. The van der Waals surface area contributed by atoms with Gasteiger partial charge in [0.2, 0.25) is 0 Å². The molecule has 0 bridgehead atoms. The van der Waals surface area contributed by atoms with E-state index in [9.17, 15) is 13.6 Å². The van der Waals surface area contributed by atoms with Gasteiger partial charge in [-0.2, -0.15) is 0 Å². The van der Waals surface area contributed by atoms with Crippen molar-refractivity contribution in [1.29, 1.82) is 0 Å². The third-order valence-electron chi connectivity index (χ3n) is 2.68. The summed E-state index contributed by atoms with van der Waals surface area (Å²) in [5.74, 6) is -3.11. The minimum Gasteiger partial charge on any atom is -0.465 e. The molecule has 2 aromatic rings. The van der Waals surface area contributed by atoms with Gasteiger partial charge in [-0.05, 0) is 24.3 Å². The van der Waals surface area contributed by atoms with Gasteiger partial charge in [0, 0.05) is 5.56 Å². The molecule has 0 radical (unpaired) electrons. The Labute approximate surface area is 113 Å². The second kappa shape index (κ2) is 5.12. The summed E-state index contributed by atoms with van der Waals surface area (Å²) in [6.45, 7) is 0. The number of carbonyl (C=O) groups is 1. The molecular weight excluding hydrogens is 268 g/mol. The number of nitrogens with zero attached hydrogens (tertiary/aromatic N) is 1. The lowest BCUT2D eigenvalue weighted by molar-refractivity contribution is 0.0590. The van der Waals surface area contributed by atoms with E-state index in [0.717, 1.165) is 19.2 Å². The summed E-state index contributed by atoms with van der Waals surface area (Å²) < 4.78 is 31.9. The van der Waals surface area contributed by atoms with Crippen molar-refractivity contribution < 1.29 is 18.3 Å². The second-order valence-corrected chi connectivity index (χ2v) is 3.98. The number of halogens is 2. The lowest BCUT2D eigenvalue weighted by Crippen LogP contribution is -2.08. The van der Waals surface area contributed by atoms with E-state index in [1.54, 1.807) is 0 Å². The number of benzene rings is 1. The molecule has 2 rings (SSSR count). The highest BCUT2D eigenvalue weighted by Gasteiger charge is 2.20. The van der Waals surface area contributed by atoms with Gasteiger partial charge in [-0.3, -0.25) is 0 Å². The Morgan fingerprint density at radius 2 is 1.80 bits per heavy atom. The van der Waals surface area contributed by atoms with E-state index in [1.807, 2.05) is 0 Å². The second-order valence-electron chi connectivity index (χ2n) is 3.98. The van der Waals surface area contributed by atoms with Crippen molar-refractivity contribution in [3.8, 4) is 11.3 Å². The summed E-state index contributed by atoms with van der Waals surface area (Å²) in [4.78, 5) is 15.2. The Kier molecular flexibility index (Phi) is 3.51. The highest BCUT2D eigenvalue weighted by atomic mass is 19.1. The van der Waals surface area contributed by atoms with Gasteiger partial charge in [0.15, 0.2) is 0 Å². The first kappa shape index (κ1) is 13.7. The van der Waals surface area contributed by atoms with Crippen molar-refractivity contribution in [3.05, 3.63) is 41.5 Å². The van der Waals surface area contributed by atoms with Crippen molar-refractivity contribution >= 4 is 17.5 Å². The highest BCUT2D eigenvalue weighted by Crippen LogP contribution is 2.25. The highest BCUT2D eigenvalue weighted by molar-refractivity contribution is 5.90. The summed E-state index contributed by atoms with van der Waals surface area (Å²) in [6.07, 6.45) is 0. The standard InChI is InChI=1S/C13H11F2N3O2/c1-20-13(19)11-7(14)4-6(5-8(11)15)10-3-2-9(16)12(17)18-10/h2-5H,16H2,1H3,(H2,17,18). The monoisotopic (exact) mass is 279 g/mol.